The Bertz CT molecular complexity index is 1320. The summed E-state index contributed by atoms with van der Waals surface area (Å²) in [5.74, 6) is 0.706. The highest BCUT2D eigenvalue weighted by molar-refractivity contribution is 7.22. The summed E-state index contributed by atoms with van der Waals surface area (Å²) in [5.41, 5.74) is 2.62. The van der Waals surface area contributed by atoms with E-state index in [2.05, 4.69) is 17.9 Å². The predicted octanol–water partition coefficient (Wildman–Crippen LogP) is 5.56. The lowest BCUT2D eigenvalue weighted by Crippen LogP contribution is -2.39. The number of aromatic nitrogens is 1. The second-order valence-electron chi connectivity index (χ2n) is 8.59. The Hall–Kier alpha value is -2.71. The fraction of sp³-hybridized carbons (Fsp3) is 0.333. The Labute approximate surface area is 215 Å². The van der Waals surface area contributed by atoms with Gasteiger partial charge in [0, 0.05) is 31.7 Å². The summed E-state index contributed by atoms with van der Waals surface area (Å²) < 4.78 is 12.1. The van der Waals surface area contributed by atoms with Crippen molar-refractivity contribution < 1.29 is 14.3 Å². The third kappa shape index (κ3) is 5.43. The molecule has 0 N–H and O–H groups in total. The van der Waals surface area contributed by atoms with E-state index >= 15 is 0 Å². The summed E-state index contributed by atoms with van der Waals surface area (Å²) in [6, 6.07) is 18.0. The molecule has 0 saturated carbocycles. The number of thiazole rings is 1. The lowest BCUT2D eigenvalue weighted by molar-refractivity contribution is 0.0376. The number of halogens is 1. The van der Waals surface area contributed by atoms with Gasteiger partial charge >= 0.3 is 0 Å². The largest absolute Gasteiger partial charge is 0.494 e. The molecule has 3 aromatic carbocycles. The standard InChI is InChI=1S/C27H29N3O3S.ClH/c1-19-8-11-23(32-2)24-25(19)34-27(28-24)30(13-5-12-29-14-16-33-17-15-29)26(31)22-10-9-20-6-3-4-7-21(20)18-22;/h3-4,6-11,18H,5,12-17H2,1-2H3;1H. The van der Waals surface area contributed by atoms with E-state index in [4.69, 9.17) is 14.5 Å². The molecule has 4 aromatic rings. The summed E-state index contributed by atoms with van der Waals surface area (Å²) in [7, 11) is 1.66. The van der Waals surface area contributed by atoms with Gasteiger partial charge in [-0.15, -0.1) is 12.4 Å². The lowest BCUT2D eigenvalue weighted by Gasteiger charge is -2.27. The van der Waals surface area contributed by atoms with E-state index in [1.165, 1.54) is 0 Å². The second-order valence-corrected chi connectivity index (χ2v) is 9.56. The van der Waals surface area contributed by atoms with Gasteiger partial charge in [0.1, 0.15) is 11.3 Å². The molecule has 0 bridgehead atoms. The van der Waals surface area contributed by atoms with Crippen LogP contribution in [-0.4, -0.2) is 62.3 Å². The Kier molecular flexibility index (Phi) is 8.23. The van der Waals surface area contributed by atoms with Gasteiger partial charge in [-0.05, 0) is 47.9 Å². The number of amides is 1. The lowest BCUT2D eigenvalue weighted by atomic mass is 10.1. The van der Waals surface area contributed by atoms with E-state index in [1.807, 2.05) is 53.4 Å². The molecular weight excluding hydrogens is 482 g/mol. The van der Waals surface area contributed by atoms with Gasteiger partial charge < -0.3 is 9.47 Å². The summed E-state index contributed by atoms with van der Waals surface area (Å²) in [6.07, 6.45) is 0.866. The van der Waals surface area contributed by atoms with Crippen LogP contribution in [0.4, 0.5) is 5.13 Å². The number of ether oxygens (including phenoxy) is 2. The predicted molar refractivity (Wildman–Crippen MR) is 146 cm³/mol. The van der Waals surface area contributed by atoms with E-state index in [-0.39, 0.29) is 18.3 Å². The molecule has 6 nitrogen and oxygen atoms in total. The molecule has 5 rings (SSSR count). The zero-order valence-electron chi connectivity index (χ0n) is 20.0. The Morgan fingerprint density at radius 1 is 1.11 bits per heavy atom. The van der Waals surface area contributed by atoms with Crippen LogP contribution in [0.15, 0.2) is 54.6 Å². The van der Waals surface area contributed by atoms with Crippen molar-refractivity contribution >= 4 is 55.8 Å². The van der Waals surface area contributed by atoms with Gasteiger partial charge in [0.25, 0.3) is 5.91 Å². The molecule has 0 radical (unpaired) electrons. The number of aryl methyl sites for hydroxylation is 1. The minimum atomic E-state index is -0.0246. The Balaban J connectivity index is 0.00000289. The zero-order chi connectivity index (χ0) is 23.5. The molecule has 0 atom stereocenters. The highest BCUT2D eigenvalue weighted by atomic mass is 35.5. The fourth-order valence-corrected chi connectivity index (χ4v) is 5.49. The van der Waals surface area contributed by atoms with Crippen molar-refractivity contribution in [3.8, 4) is 5.75 Å². The average Bonchev–Trinajstić information content (AvgIpc) is 3.33. The molecule has 0 spiro atoms. The molecule has 35 heavy (non-hydrogen) atoms. The number of carbonyl (C=O) groups excluding carboxylic acids is 1. The highest BCUT2D eigenvalue weighted by Gasteiger charge is 2.23. The number of fused-ring (bicyclic) bond motifs is 2. The van der Waals surface area contributed by atoms with Gasteiger partial charge in [-0.2, -0.15) is 0 Å². The maximum absolute atomic E-state index is 13.8. The smallest absolute Gasteiger partial charge is 0.260 e. The first-order chi connectivity index (χ1) is 16.6. The van der Waals surface area contributed by atoms with Crippen molar-refractivity contribution in [2.24, 2.45) is 0 Å². The number of morpholine rings is 1. The van der Waals surface area contributed by atoms with Crippen LogP contribution in [0.25, 0.3) is 21.0 Å². The summed E-state index contributed by atoms with van der Waals surface area (Å²) in [5, 5.41) is 2.89. The number of carbonyl (C=O) groups is 1. The molecule has 1 saturated heterocycles. The molecule has 1 amide bonds. The molecule has 184 valence electrons. The van der Waals surface area contributed by atoms with Gasteiger partial charge in [0.2, 0.25) is 0 Å². The number of hydrogen-bond donors (Lipinski definition) is 0. The van der Waals surface area contributed by atoms with Crippen LogP contribution in [0.3, 0.4) is 0 Å². The molecule has 8 heteroatoms. The monoisotopic (exact) mass is 511 g/mol. The van der Waals surface area contributed by atoms with Gasteiger partial charge in [-0.1, -0.05) is 47.7 Å². The average molecular weight is 512 g/mol. The van der Waals surface area contributed by atoms with E-state index in [0.29, 0.717) is 17.2 Å². The van der Waals surface area contributed by atoms with Gasteiger partial charge in [0.15, 0.2) is 5.13 Å². The van der Waals surface area contributed by atoms with Gasteiger partial charge in [-0.3, -0.25) is 14.6 Å². The first-order valence-corrected chi connectivity index (χ1v) is 12.5. The first-order valence-electron chi connectivity index (χ1n) is 11.7. The van der Waals surface area contributed by atoms with Crippen LogP contribution in [0, 0.1) is 6.92 Å². The number of methoxy groups -OCH3 is 1. The van der Waals surface area contributed by atoms with E-state index in [0.717, 1.165) is 71.6 Å². The number of nitrogens with zero attached hydrogens (tertiary/aromatic N) is 3. The first kappa shape index (κ1) is 25.4. The van der Waals surface area contributed by atoms with Crippen LogP contribution in [-0.2, 0) is 4.74 Å². The molecule has 2 heterocycles. The van der Waals surface area contributed by atoms with Crippen LogP contribution in [0.5, 0.6) is 5.75 Å². The van der Waals surface area contributed by atoms with Crippen molar-refractivity contribution in [1.29, 1.82) is 0 Å². The summed E-state index contributed by atoms with van der Waals surface area (Å²) >= 11 is 1.55. The normalized spacial score (nSPS) is 14.1. The minimum Gasteiger partial charge on any atom is -0.494 e. The quantitative estimate of drug-likeness (QED) is 0.325. The molecule has 1 aliphatic heterocycles. The SMILES string of the molecule is COc1ccc(C)c2sc(N(CCCN3CCOCC3)C(=O)c3ccc4ccccc4c3)nc12.Cl. The molecule has 1 aromatic heterocycles. The fourth-order valence-electron chi connectivity index (χ4n) is 4.42. The maximum Gasteiger partial charge on any atom is 0.260 e. The van der Waals surface area contributed by atoms with E-state index in [9.17, 15) is 4.79 Å². The van der Waals surface area contributed by atoms with Crippen molar-refractivity contribution in [2.75, 3.05) is 51.4 Å². The Morgan fingerprint density at radius 3 is 2.66 bits per heavy atom. The third-order valence-electron chi connectivity index (χ3n) is 6.34. The number of anilines is 1. The molecule has 0 aliphatic carbocycles. The van der Waals surface area contributed by atoms with Crippen LogP contribution < -0.4 is 9.64 Å². The van der Waals surface area contributed by atoms with Crippen molar-refractivity contribution in [2.45, 2.75) is 13.3 Å². The van der Waals surface area contributed by atoms with E-state index in [1.54, 1.807) is 18.4 Å². The van der Waals surface area contributed by atoms with Gasteiger partial charge in [0.05, 0.1) is 25.0 Å². The highest BCUT2D eigenvalue weighted by Crippen LogP contribution is 2.37. The molecule has 0 unspecified atom stereocenters. The van der Waals surface area contributed by atoms with Crippen LogP contribution in [0.1, 0.15) is 22.3 Å². The number of rotatable bonds is 7. The topological polar surface area (TPSA) is 54.9 Å². The van der Waals surface area contributed by atoms with Crippen molar-refractivity contribution in [1.82, 2.24) is 9.88 Å². The van der Waals surface area contributed by atoms with Crippen molar-refractivity contribution in [3.63, 3.8) is 0 Å². The van der Waals surface area contributed by atoms with E-state index < -0.39 is 0 Å². The maximum atomic E-state index is 13.8. The summed E-state index contributed by atoms with van der Waals surface area (Å²) in [6.45, 7) is 7.03. The third-order valence-corrected chi connectivity index (χ3v) is 7.56. The second kappa shape index (κ2) is 11.4. The minimum absolute atomic E-state index is 0. The number of benzene rings is 3. The van der Waals surface area contributed by atoms with Gasteiger partial charge in [-0.25, -0.2) is 4.98 Å². The van der Waals surface area contributed by atoms with Crippen LogP contribution in [0.2, 0.25) is 0 Å². The zero-order valence-corrected chi connectivity index (χ0v) is 21.7. The molecular formula is C27H30ClN3O3S. The number of hydrogen-bond acceptors (Lipinski definition) is 6. The molecule has 1 fully saturated rings. The Morgan fingerprint density at radius 2 is 1.89 bits per heavy atom. The van der Waals surface area contributed by atoms with Crippen molar-refractivity contribution in [3.05, 3.63) is 65.7 Å². The summed E-state index contributed by atoms with van der Waals surface area (Å²) in [4.78, 5) is 22.9. The van der Waals surface area contributed by atoms with Crippen LogP contribution >= 0.6 is 23.7 Å². The molecule has 1 aliphatic rings.